The molecule has 0 heterocycles. The molecule has 0 saturated heterocycles. The molecular formula is C26H21Cl2N3O4. The van der Waals surface area contributed by atoms with Crippen molar-refractivity contribution in [1.82, 2.24) is 0 Å². The minimum Gasteiger partial charge on any atom is -0.494 e. The van der Waals surface area contributed by atoms with E-state index < -0.39 is 5.91 Å². The van der Waals surface area contributed by atoms with Crippen LogP contribution in [0.1, 0.15) is 12.5 Å². The summed E-state index contributed by atoms with van der Waals surface area (Å²) in [5, 5.41) is 15.1. The molecule has 0 spiro atoms. The average Bonchev–Trinajstić information content (AvgIpc) is 2.84. The summed E-state index contributed by atoms with van der Waals surface area (Å²) in [6, 6.07) is 20.5. The summed E-state index contributed by atoms with van der Waals surface area (Å²) in [7, 11) is 0. The first-order chi connectivity index (χ1) is 16.9. The van der Waals surface area contributed by atoms with E-state index in [9.17, 15) is 14.9 Å². The van der Waals surface area contributed by atoms with Crippen molar-refractivity contribution in [2.24, 2.45) is 0 Å². The van der Waals surface area contributed by atoms with Gasteiger partial charge in [0.1, 0.15) is 17.4 Å². The fraction of sp³-hybridized carbons (Fsp3) is 0.115. The molecule has 3 aromatic rings. The van der Waals surface area contributed by atoms with Gasteiger partial charge in [0.15, 0.2) is 12.4 Å². The summed E-state index contributed by atoms with van der Waals surface area (Å²) in [4.78, 5) is 24.7. The standard InChI is InChI=1S/C26H21Cl2N3O4/c1-2-34-21-10-8-20(9-11-21)31-26(33)18(15-29)12-17-13-22(27)25(23(28)14-17)35-16-24(32)30-19-6-4-3-5-7-19/h3-14H,2,16H2,1H3,(H,30,32)(H,31,33)/b18-12+. The van der Waals surface area contributed by atoms with Gasteiger partial charge in [-0.3, -0.25) is 9.59 Å². The third kappa shape index (κ3) is 7.51. The van der Waals surface area contributed by atoms with Gasteiger partial charge in [0.2, 0.25) is 0 Å². The third-order valence-electron chi connectivity index (χ3n) is 4.53. The van der Waals surface area contributed by atoms with Gasteiger partial charge >= 0.3 is 0 Å². The number of rotatable bonds is 9. The second-order valence-electron chi connectivity index (χ2n) is 7.10. The van der Waals surface area contributed by atoms with Gasteiger partial charge in [-0.25, -0.2) is 0 Å². The van der Waals surface area contributed by atoms with Gasteiger partial charge in [0, 0.05) is 11.4 Å². The van der Waals surface area contributed by atoms with Gasteiger partial charge in [-0.1, -0.05) is 41.4 Å². The van der Waals surface area contributed by atoms with Crippen LogP contribution >= 0.6 is 23.2 Å². The van der Waals surface area contributed by atoms with Gasteiger partial charge in [0.25, 0.3) is 11.8 Å². The van der Waals surface area contributed by atoms with Crippen molar-refractivity contribution in [3.05, 3.63) is 87.9 Å². The molecule has 0 unspecified atom stereocenters. The fourth-order valence-corrected chi connectivity index (χ4v) is 3.58. The number of anilines is 2. The van der Waals surface area contributed by atoms with Crippen LogP contribution in [0, 0.1) is 11.3 Å². The lowest BCUT2D eigenvalue weighted by molar-refractivity contribution is -0.118. The zero-order valence-corrected chi connectivity index (χ0v) is 20.2. The molecule has 3 rings (SSSR count). The Labute approximate surface area is 212 Å². The Hall–Kier alpha value is -3.99. The lowest BCUT2D eigenvalue weighted by Crippen LogP contribution is -2.20. The van der Waals surface area contributed by atoms with Crippen LogP contribution in [0.25, 0.3) is 6.08 Å². The van der Waals surface area contributed by atoms with Crippen molar-refractivity contribution in [2.45, 2.75) is 6.92 Å². The Morgan fingerprint density at radius 1 is 0.943 bits per heavy atom. The van der Waals surface area contributed by atoms with Crippen LogP contribution < -0.4 is 20.1 Å². The number of halogens is 2. The van der Waals surface area contributed by atoms with Crippen molar-refractivity contribution in [3.63, 3.8) is 0 Å². The topological polar surface area (TPSA) is 100 Å². The summed E-state index contributed by atoms with van der Waals surface area (Å²) in [5.41, 5.74) is 1.40. The molecule has 2 amide bonds. The van der Waals surface area contributed by atoms with Crippen molar-refractivity contribution in [1.29, 1.82) is 5.26 Å². The number of benzene rings is 3. The Kier molecular flexibility index (Phi) is 9.13. The summed E-state index contributed by atoms with van der Waals surface area (Å²) in [6.07, 6.45) is 1.35. The number of nitrogens with zero attached hydrogens (tertiary/aromatic N) is 1. The second kappa shape index (κ2) is 12.5. The smallest absolute Gasteiger partial charge is 0.266 e. The largest absolute Gasteiger partial charge is 0.494 e. The highest BCUT2D eigenvalue weighted by Crippen LogP contribution is 2.35. The van der Waals surface area contributed by atoms with Crippen LogP contribution in [0.5, 0.6) is 11.5 Å². The highest BCUT2D eigenvalue weighted by molar-refractivity contribution is 6.37. The molecule has 35 heavy (non-hydrogen) atoms. The molecule has 178 valence electrons. The first kappa shape index (κ1) is 25.6. The number of nitrogens with one attached hydrogen (secondary N) is 2. The highest BCUT2D eigenvalue weighted by atomic mass is 35.5. The first-order valence-corrected chi connectivity index (χ1v) is 11.3. The number of ether oxygens (including phenoxy) is 2. The Morgan fingerprint density at radius 3 is 2.17 bits per heavy atom. The maximum absolute atomic E-state index is 12.6. The summed E-state index contributed by atoms with van der Waals surface area (Å²) >= 11 is 12.6. The summed E-state index contributed by atoms with van der Waals surface area (Å²) in [5.74, 6) is -0.191. The van der Waals surface area contributed by atoms with E-state index in [1.54, 1.807) is 48.5 Å². The molecule has 0 aromatic heterocycles. The Balaban J connectivity index is 1.67. The Morgan fingerprint density at radius 2 is 1.57 bits per heavy atom. The number of nitriles is 1. The SMILES string of the molecule is CCOc1ccc(NC(=O)/C(C#N)=C/c2cc(Cl)c(OCC(=O)Nc3ccccc3)c(Cl)c2)cc1. The van der Waals surface area contributed by atoms with Crippen molar-refractivity contribution < 1.29 is 19.1 Å². The van der Waals surface area contributed by atoms with E-state index in [4.69, 9.17) is 32.7 Å². The Bertz CT molecular complexity index is 1250. The van der Waals surface area contributed by atoms with E-state index in [0.717, 1.165) is 0 Å². The van der Waals surface area contributed by atoms with Crippen LogP contribution in [0.15, 0.2) is 72.3 Å². The lowest BCUT2D eigenvalue weighted by Gasteiger charge is -2.11. The van der Waals surface area contributed by atoms with E-state index in [1.807, 2.05) is 19.1 Å². The van der Waals surface area contributed by atoms with Crippen LogP contribution in [-0.2, 0) is 9.59 Å². The van der Waals surface area contributed by atoms with E-state index in [1.165, 1.54) is 18.2 Å². The molecule has 0 atom stereocenters. The molecule has 0 saturated carbocycles. The molecule has 0 aliphatic rings. The minimum absolute atomic E-state index is 0.117. The van der Waals surface area contributed by atoms with Crippen molar-refractivity contribution in [2.75, 3.05) is 23.8 Å². The average molecular weight is 510 g/mol. The number of amides is 2. The number of hydrogen-bond acceptors (Lipinski definition) is 5. The van der Waals surface area contributed by atoms with Crippen LogP contribution in [-0.4, -0.2) is 25.0 Å². The molecule has 2 N–H and O–H groups in total. The zero-order valence-electron chi connectivity index (χ0n) is 18.7. The lowest BCUT2D eigenvalue weighted by atomic mass is 10.1. The molecule has 0 bridgehead atoms. The van der Waals surface area contributed by atoms with Crippen molar-refractivity contribution in [3.8, 4) is 17.6 Å². The van der Waals surface area contributed by atoms with E-state index in [-0.39, 0.29) is 33.9 Å². The monoisotopic (exact) mass is 509 g/mol. The van der Waals surface area contributed by atoms with E-state index >= 15 is 0 Å². The van der Waals surface area contributed by atoms with Gasteiger partial charge in [0.05, 0.1) is 16.7 Å². The quantitative estimate of drug-likeness (QED) is 0.274. The minimum atomic E-state index is -0.596. The molecule has 0 fully saturated rings. The summed E-state index contributed by atoms with van der Waals surface area (Å²) in [6.45, 7) is 2.10. The van der Waals surface area contributed by atoms with E-state index in [0.29, 0.717) is 29.3 Å². The zero-order chi connectivity index (χ0) is 25.2. The molecule has 7 nitrogen and oxygen atoms in total. The number of hydrogen-bond donors (Lipinski definition) is 2. The number of para-hydroxylation sites is 1. The van der Waals surface area contributed by atoms with Crippen LogP contribution in [0.3, 0.4) is 0 Å². The molecule has 0 radical (unpaired) electrons. The van der Waals surface area contributed by atoms with Crippen LogP contribution in [0.2, 0.25) is 10.0 Å². The maximum atomic E-state index is 12.6. The molecule has 0 aliphatic heterocycles. The van der Waals surface area contributed by atoms with Gasteiger partial charge in [-0.2, -0.15) is 5.26 Å². The second-order valence-corrected chi connectivity index (χ2v) is 7.91. The van der Waals surface area contributed by atoms with Crippen molar-refractivity contribution >= 4 is 52.5 Å². The first-order valence-electron chi connectivity index (χ1n) is 10.5. The third-order valence-corrected chi connectivity index (χ3v) is 5.09. The number of carbonyl (C=O) groups excluding carboxylic acids is 2. The van der Waals surface area contributed by atoms with E-state index in [2.05, 4.69) is 10.6 Å². The maximum Gasteiger partial charge on any atom is 0.266 e. The van der Waals surface area contributed by atoms with Gasteiger partial charge < -0.3 is 20.1 Å². The summed E-state index contributed by atoms with van der Waals surface area (Å²) < 4.78 is 10.9. The molecule has 9 heteroatoms. The molecule has 3 aromatic carbocycles. The molecular weight excluding hydrogens is 489 g/mol. The predicted octanol–water partition coefficient (Wildman–Crippen LogP) is 5.96. The fourth-order valence-electron chi connectivity index (χ4n) is 2.97. The normalized spacial score (nSPS) is 10.7. The highest BCUT2D eigenvalue weighted by Gasteiger charge is 2.14. The van der Waals surface area contributed by atoms with Crippen LogP contribution in [0.4, 0.5) is 11.4 Å². The predicted molar refractivity (Wildman–Crippen MR) is 137 cm³/mol. The number of carbonyl (C=O) groups is 2. The van der Waals surface area contributed by atoms with Gasteiger partial charge in [-0.05, 0) is 67.1 Å². The molecule has 0 aliphatic carbocycles. The van der Waals surface area contributed by atoms with Gasteiger partial charge in [-0.15, -0.1) is 0 Å².